The van der Waals surface area contributed by atoms with Gasteiger partial charge < -0.3 is 10.6 Å². The SMILES string of the molecule is CCCC1CCN(c2ccc(CN)cc2)CC1. The van der Waals surface area contributed by atoms with Crippen LogP contribution in [0.5, 0.6) is 0 Å². The Morgan fingerprint density at radius 1 is 1.18 bits per heavy atom. The van der Waals surface area contributed by atoms with E-state index < -0.39 is 0 Å². The monoisotopic (exact) mass is 232 g/mol. The first-order valence-electron chi connectivity index (χ1n) is 6.87. The highest BCUT2D eigenvalue weighted by Gasteiger charge is 2.18. The second-order valence-electron chi connectivity index (χ2n) is 5.09. The van der Waals surface area contributed by atoms with Crippen molar-refractivity contribution in [2.24, 2.45) is 11.7 Å². The largest absolute Gasteiger partial charge is 0.372 e. The van der Waals surface area contributed by atoms with Crippen molar-refractivity contribution < 1.29 is 0 Å². The average Bonchev–Trinajstić information content (AvgIpc) is 2.40. The third kappa shape index (κ3) is 3.22. The quantitative estimate of drug-likeness (QED) is 0.864. The molecule has 2 heteroatoms. The van der Waals surface area contributed by atoms with Crippen molar-refractivity contribution >= 4 is 5.69 Å². The molecular formula is C15H24N2. The molecule has 2 rings (SSSR count). The summed E-state index contributed by atoms with van der Waals surface area (Å²) in [5.74, 6) is 0.958. The van der Waals surface area contributed by atoms with E-state index in [9.17, 15) is 0 Å². The van der Waals surface area contributed by atoms with Gasteiger partial charge in [-0.25, -0.2) is 0 Å². The molecule has 2 N–H and O–H groups in total. The minimum absolute atomic E-state index is 0.638. The van der Waals surface area contributed by atoms with Crippen molar-refractivity contribution in [1.82, 2.24) is 0 Å². The van der Waals surface area contributed by atoms with Crippen LogP contribution in [-0.2, 0) is 6.54 Å². The van der Waals surface area contributed by atoms with Crippen LogP contribution in [0.2, 0.25) is 0 Å². The standard InChI is InChI=1S/C15H24N2/c1-2-3-13-8-10-17(11-9-13)15-6-4-14(12-16)5-7-15/h4-7,13H,2-3,8-12,16H2,1H3. The summed E-state index contributed by atoms with van der Waals surface area (Å²) in [4.78, 5) is 2.51. The van der Waals surface area contributed by atoms with Gasteiger partial charge in [-0.3, -0.25) is 0 Å². The number of piperidine rings is 1. The Balaban J connectivity index is 1.91. The van der Waals surface area contributed by atoms with Crippen molar-refractivity contribution in [1.29, 1.82) is 0 Å². The maximum absolute atomic E-state index is 5.62. The second-order valence-corrected chi connectivity index (χ2v) is 5.09. The molecule has 17 heavy (non-hydrogen) atoms. The van der Waals surface area contributed by atoms with Crippen LogP contribution < -0.4 is 10.6 Å². The third-order valence-electron chi connectivity index (χ3n) is 3.85. The predicted octanol–water partition coefficient (Wildman–Crippen LogP) is 3.16. The van der Waals surface area contributed by atoms with E-state index in [2.05, 4.69) is 36.1 Å². The molecule has 1 saturated heterocycles. The van der Waals surface area contributed by atoms with Gasteiger partial charge in [-0.15, -0.1) is 0 Å². The fourth-order valence-corrected chi connectivity index (χ4v) is 2.73. The molecule has 0 aromatic heterocycles. The minimum atomic E-state index is 0.638. The highest BCUT2D eigenvalue weighted by atomic mass is 15.1. The van der Waals surface area contributed by atoms with Gasteiger partial charge in [0.25, 0.3) is 0 Å². The van der Waals surface area contributed by atoms with Gasteiger partial charge in [0, 0.05) is 25.3 Å². The van der Waals surface area contributed by atoms with Crippen molar-refractivity contribution in [3.05, 3.63) is 29.8 Å². The zero-order valence-corrected chi connectivity index (χ0v) is 10.9. The molecule has 0 amide bonds. The zero-order valence-electron chi connectivity index (χ0n) is 10.9. The predicted molar refractivity (Wildman–Crippen MR) is 74.2 cm³/mol. The van der Waals surface area contributed by atoms with Gasteiger partial charge in [-0.2, -0.15) is 0 Å². The molecular weight excluding hydrogens is 208 g/mol. The Morgan fingerprint density at radius 3 is 2.35 bits per heavy atom. The fraction of sp³-hybridized carbons (Fsp3) is 0.600. The van der Waals surface area contributed by atoms with Gasteiger partial charge in [0.2, 0.25) is 0 Å². The number of nitrogens with two attached hydrogens (primary N) is 1. The number of hydrogen-bond donors (Lipinski definition) is 1. The summed E-state index contributed by atoms with van der Waals surface area (Å²) in [6.45, 7) is 5.36. The van der Waals surface area contributed by atoms with Gasteiger partial charge in [0.15, 0.2) is 0 Å². The first kappa shape index (κ1) is 12.4. The van der Waals surface area contributed by atoms with Crippen LogP contribution in [0.25, 0.3) is 0 Å². The summed E-state index contributed by atoms with van der Waals surface area (Å²) in [6.07, 6.45) is 5.44. The van der Waals surface area contributed by atoms with E-state index in [1.807, 2.05) is 0 Å². The summed E-state index contributed by atoms with van der Waals surface area (Å²) in [6, 6.07) is 8.71. The lowest BCUT2D eigenvalue weighted by atomic mass is 9.92. The van der Waals surface area contributed by atoms with Crippen LogP contribution in [-0.4, -0.2) is 13.1 Å². The molecule has 0 aliphatic carbocycles. The highest BCUT2D eigenvalue weighted by molar-refractivity contribution is 5.47. The molecule has 0 spiro atoms. The molecule has 1 aromatic carbocycles. The summed E-state index contributed by atoms with van der Waals surface area (Å²) in [7, 11) is 0. The Labute approximate surface area is 105 Å². The Hall–Kier alpha value is -1.02. The topological polar surface area (TPSA) is 29.3 Å². The molecule has 1 aromatic rings. The highest BCUT2D eigenvalue weighted by Crippen LogP contribution is 2.26. The normalized spacial score (nSPS) is 17.4. The maximum Gasteiger partial charge on any atom is 0.0366 e. The molecule has 94 valence electrons. The molecule has 1 aliphatic heterocycles. The Kier molecular flexibility index (Phi) is 4.43. The molecule has 0 saturated carbocycles. The Bertz CT molecular complexity index is 323. The summed E-state index contributed by atoms with van der Waals surface area (Å²) in [5.41, 5.74) is 8.19. The van der Waals surface area contributed by atoms with Crippen molar-refractivity contribution in [2.45, 2.75) is 39.2 Å². The fourth-order valence-electron chi connectivity index (χ4n) is 2.73. The van der Waals surface area contributed by atoms with Crippen LogP contribution in [0.1, 0.15) is 38.2 Å². The molecule has 0 bridgehead atoms. The molecule has 2 nitrogen and oxygen atoms in total. The number of anilines is 1. The first-order chi connectivity index (χ1) is 8.33. The minimum Gasteiger partial charge on any atom is -0.372 e. The molecule has 1 aliphatic rings. The lowest BCUT2D eigenvalue weighted by Crippen LogP contribution is -2.33. The first-order valence-corrected chi connectivity index (χ1v) is 6.87. The number of nitrogens with zero attached hydrogens (tertiary/aromatic N) is 1. The lowest BCUT2D eigenvalue weighted by Gasteiger charge is -2.33. The van der Waals surface area contributed by atoms with E-state index in [1.165, 1.54) is 50.0 Å². The smallest absolute Gasteiger partial charge is 0.0366 e. The number of rotatable bonds is 4. The van der Waals surface area contributed by atoms with Gasteiger partial charge >= 0.3 is 0 Å². The summed E-state index contributed by atoms with van der Waals surface area (Å²) in [5, 5.41) is 0. The molecule has 0 unspecified atom stereocenters. The van der Waals surface area contributed by atoms with E-state index in [4.69, 9.17) is 5.73 Å². The number of benzene rings is 1. The second kappa shape index (κ2) is 6.06. The van der Waals surface area contributed by atoms with Gasteiger partial charge in [0.1, 0.15) is 0 Å². The molecule has 0 radical (unpaired) electrons. The summed E-state index contributed by atoms with van der Waals surface area (Å²) < 4.78 is 0. The van der Waals surface area contributed by atoms with Crippen molar-refractivity contribution in [2.75, 3.05) is 18.0 Å². The van der Waals surface area contributed by atoms with Gasteiger partial charge in [0.05, 0.1) is 0 Å². The van der Waals surface area contributed by atoms with E-state index in [-0.39, 0.29) is 0 Å². The van der Waals surface area contributed by atoms with Gasteiger partial charge in [-0.1, -0.05) is 31.9 Å². The Morgan fingerprint density at radius 2 is 1.82 bits per heavy atom. The van der Waals surface area contributed by atoms with Crippen LogP contribution in [0.15, 0.2) is 24.3 Å². The zero-order chi connectivity index (χ0) is 12.1. The summed E-state index contributed by atoms with van der Waals surface area (Å²) >= 11 is 0. The average molecular weight is 232 g/mol. The van der Waals surface area contributed by atoms with Crippen LogP contribution >= 0.6 is 0 Å². The van der Waals surface area contributed by atoms with Crippen LogP contribution in [0.3, 0.4) is 0 Å². The molecule has 1 heterocycles. The van der Waals surface area contributed by atoms with E-state index in [0.29, 0.717) is 6.54 Å². The maximum atomic E-state index is 5.62. The lowest BCUT2D eigenvalue weighted by molar-refractivity contribution is 0.378. The van der Waals surface area contributed by atoms with Crippen LogP contribution in [0.4, 0.5) is 5.69 Å². The molecule has 1 fully saturated rings. The van der Waals surface area contributed by atoms with Crippen LogP contribution in [0, 0.1) is 5.92 Å². The van der Waals surface area contributed by atoms with Gasteiger partial charge in [-0.05, 0) is 36.5 Å². The van der Waals surface area contributed by atoms with E-state index in [1.54, 1.807) is 0 Å². The number of hydrogen-bond acceptors (Lipinski definition) is 2. The molecule has 0 atom stereocenters. The van der Waals surface area contributed by atoms with Crippen molar-refractivity contribution in [3.63, 3.8) is 0 Å². The van der Waals surface area contributed by atoms with E-state index >= 15 is 0 Å². The third-order valence-corrected chi connectivity index (χ3v) is 3.85. The van der Waals surface area contributed by atoms with Crippen molar-refractivity contribution in [3.8, 4) is 0 Å². The van der Waals surface area contributed by atoms with E-state index in [0.717, 1.165) is 5.92 Å².